The molecule has 0 aliphatic carbocycles. The summed E-state index contributed by atoms with van der Waals surface area (Å²) in [6.07, 6.45) is 0. The minimum absolute atomic E-state index is 0.0150. The molecule has 0 aliphatic heterocycles. The van der Waals surface area contributed by atoms with Gasteiger partial charge in [0.05, 0.1) is 6.61 Å². The van der Waals surface area contributed by atoms with E-state index in [0.29, 0.717) is 23.6 Å². The van der Waals surface area contributed by atoms with Gasteiger partial charge in [0.2, 0.25) is 0 Å². The zero-order valence-electron chi connectivity index (χ0n) is 16.6. The molecule has 0 saturated heterocycles. The van der Waals surface area contributed by atoms with Crippen molar-refractivity contribution in [2.75, 3.05) is 6.61 Å². The summed E-state index contributed by atoms with van der Waals surface area (Å²) >= 11 is 0. The van der Waals surface area contributed by atoms with Crippen molar-refractivity contribution in [1.29, 1.82) is 0 Å². The first kappa shape index (κ1) is 19.2. The Balaban J connectivity index is 2.70. The molecule has 0 amide bonds. The van der Waals surface area contributed by atoms with Crippen LogP contribution in [-0.2, 0) is 15.6 Å². The van der Waals surface area contributed by atoms with Crippen molar-refractivity contribution in [3.05, 3.63) is 40.6 Å². The van der Waals surface area contributed by atoms with Crippen LogP contribution in [0.1, 0.15) is 75.7 Å². The molecule has 2 aromatic rings. The van der Waals surface area contributed by atoms with E-state index < -0.39 is 5.97 Å². The Kier molecular flexibility index (Phi) is 5.12. The van der Waals surface area contributed by atoms with Gasteiger partial charge in [-0.25, -0.2) is 4.79 Å². The van der Waals surface area contributed by atoms with E-state index in [2.05, 4.69) is 64.9 Å². The van der Waals surface area contributed by atoms with Crippen molar-refractivity contribution < 1.29 is 14.1 Å². The summed E-state index contributed by atoms with van der Waals surface area (Å²) in [5.41, 5.74) is 4.21. The van der Waals surface area contributed by atoms with Crippen LogP contribution < -0.4 is 0 Å². The first-order valence-corrected chi connectivity index (χ1v) is 8.75. The van der Waals surface area contributed by atoms with E-state index in [1.165, 1.54) is 11.1 Å². The summed E-state index contributed by atoms with van der Waals surface area (Å²) in [6, 6.07) is 6.42. The lowest BCUT2D eigenvalue weighted by atomic mass is 9.79. The summed E-state index contributed by atoms with van der Waals surface area (Å²) in [4.78, 5) is 12.4. The van der Waals surface area contributed by atoms with Gasteiger partial charge in [-0.15, -0.1) is 0 Å². The molecule has 0 unspecified atom stereocenters. The van der Waals surface area contributed by atoms with Gasteiger partial charge in [-0.2, -0.15) is 0 Å². The number of ether oxygens (including phenoxy) is 1. The third-order valence-corrected chi connectivity index (χ3v) is 4.28. The Morgan fingerprint density at radius 3 is 2.00 bits per heavy atom. The van der Waals surface area contributed by atoms with E-state index in [1.807, 2.05) is 0 Å². The molecule has 4 nitrogen and oxygen atoms in total. The van der Waals surface area contributed by atoms with Crippen LogP contribution in [0.3, 0.4) is 0 Å². The van der Waals surface area contributed by atoms with Gasteiger partial charge < -0.3 is 9.26 Å². The SMILES string of the molecule is CCOC(=O)c1c(-c2cc(C(C)(C)C)cc(C(C)(C)C)c2)noc1C. The minimum Gasteiger partial charge on any atom is -0.462 e. The highest BCUT2D eigenvalue weighted by Crippen LogP contribution is 2.35. The zero-order chi connectivity index (χ0) is 19.0. The van der Waals surface area contributed by atoms with Crippen molar-refractivity contribution in [3.63, 3.8) is 0 Å². The van der Waals surface area contributed by atoms with Gasteiger partial charge in [0, 0.05) is 5.56 Å². The highest BCUT2D eigenvalue weighted by atomic mass is 16.5. The minimum atomic E-state index is -0.394. The summed E-state index contributed by atoms with van der Waals surface area (Å²) in [5, 5.41) is 4.16. The van der Waals surface area contributed by atoms with Crippen LogP contribution in [0.5, 0.6) is 0 Å². The number of benzene rings is 1. The maximum atomic E-state index is 12.4. The number of hydrogen-bond donors (Lipinski definition) is 0. The molecule has 2 rings (SSSR count). The van der Waals surface area contributed by atoms with E-state index >= 15 is 0 Å². The maximum Gasteiger partial charge on any atom is 0.344 e. The molecule has 136 valence electrons. The Labute approximate surface area is 150 Å². The topological polar surface area (TPSA) is 52.3 Å². The summed E-state index contributed by atoms with van der Waals surface area (Å²) in [5.74, 6) is 0.0849. The van der Waals surface area contributed by atoms with E-state index in [9.17, 15) is 4.79 Å². The first-order chi connectivity index (χ1) is 11.4. The van der Waals surface area contributed by atoms with Gasteiger partial charge >= 0.3 is 5.97 Å². The van der Waals surface area contributed by atoms with Gasteiger partial charge in [-0.3, -0.25) is 0 Å². The fourth-order valence-corrected chi connectivity index (χ4v) is 2.64. The smallest absolute Gasteiger partial charge is 0.344 e. The van der Waals surface area contributed by atoms with Crippen molar-refractivity contribution >= 4 is 5.97 Å². The molecule has 1 heterocycles. The van der Waals surface area contributed by atoms with Crippen LogP contribution in [0, 0.1) is 6.92 Å². The number of esters is 1. The normalized spacial score (nSPS) is 12.3. The van der Waals surface area contributed by atoms with Gasteiger partial charge in [0.15, 0.2) is 0 Å². The van der Waals surface area contributed by atoms with E-state index in [1.54, 1.807) is 13.8 Å². The zero-order valence-corrected chi connectivity index (χ0v) is 16.6. The summed E-state index contributed by atoms with van der Waals surface area (Å²) < 4.78 is 10.5. The molecule has 0 atom stereocenters. The van der Waals surface area contributed by atoms with Crippen molar-refractivity contribution in [3.8, 4) is 11.3 Å². The van der Waals surface area contributed by atoms with E-state index in [-0.39, 0.29) is 10.8 Å². The lowest BCUT2D eigenvalue weighted by Gasteiger charge is -2.26. The average Bonchev–Trinajstić information content (AvgIpc) is 2.87. The molecule has 0 bridgehead atoms. The number of carbonyl (C=O) groups is 1. The van der Waals surface area contributed by atoms with Gasteiger partial charge in [0.1, 0.15) is 17.0 Å². The van der Waals surface area contributed by atoms with Gasteiger partial charge in [-0.05, 0) is 47.9 Å². The Morgan fingerprint density at radius 1 is 1.04 bits per heavy atom. The highest BCUT2D eigenvalue weighted by Gasteiger charge is 2.26. The largest absolute Gasteiger partial charge is 0.462 e. The van der Waals surface area contributed by atoms with Crippen LogP contribution in [-0.4, -0.2) is 17.7 Å². The second kappa shape index (κ2) is 6.66. The standard InChI is InChI=1S/C21H29NO3/c1-9-24-19(23)17-13(2)25-22-18(17)14-10-15(20(3,4)5)12-16(11-14)21(6,7)8/h10-12H,9H2,1-8H3. The Hall–Kier alpha value is -2.10. The first-order valence-electron chi connectivity index (χ1n) is 8.75. The van der Waals surface area contributed by atoms with Crippen LogP contribution >= 0.6 is 0 Å². The number of nitrogens with zero attached hydrogens (tertiary/aromatic N) is 1. The fourth-order valence-electron chi connectivity index (χ4n) is 2.64. The summed E-state index contributed by atoms with van der Waals surface area (Å²) in [6.45, 7) is 16.9. The highest BCUT2D eigenvalue weighted by molar-refractivity contribution is 5.97. The molecule has 0 aliphatic rings. The molecule has 4 heteroatoms. The lowest BCUT2D eigenvalue weighted by molar-refractivity contribution is 0.0525. The number of rotatable bonds is 3. The number of aromatic nitrogens is 1. The van der Waals surface area contributed by atoms with Gasteiger partial charge in [-0.1, -0.05) is 52.8 Å². The van der Waals surface area contributed by atoms with E-state index in [4.69, 9.17) is 9.26 Å². The fraction of sp³-hybridized carbons (Fsp3) is 0.524. The third kappa shape index (κ3) is 4.12. The predicted molar refractivity (Wildman–Crippen MR) is 100 cm³/mol. The third-order valence-electron chi connectivity index (χ3n) is 4.28. The van der Waals surface area contributed by atoms with Crippen LogP contribution in [0.25, 0.3) is 11.3 Å². The van der Waals surface area contributed by atoms with Crippen LogP contribution in [0.15, 0.2) is 22.7 Å². The van der Waals surface area contributed by atoms with E-state index in [0.717, 1.165) is 5.56 Å². The molecule has 0 spiro atoms. The monoisotopic (exact) mass is 343 g/mol. The average molecular weight is 343 g/mol. The second-order valence-electron chi connectivity index (χ2n) is 8.48. The molecule has 0 fully saturated rings. The predicted octanol–water partition coefficient (Wildman–Crippen LogP) is 5.42. The number of hydrogen-bond acceptors (Lipinski definition) is 4. The quantitative estimate of drug-likeness (QED) is 0.698. The molecular weight excluding hydrogens is 314 g/mol. The maximum absolute atomic E-state index is 12.4. The van der Waals surface area contributed by atoms with Gasteiger partial charge in [0.25, 0.3) is 0 Å². The molecule has 0 N–H and O–H groups in total. The van der Waals surface area contributed by atoms with Crippen molar-refractivity contribution in [2.24, 2.45) is 0 Å². The second-order valence-corrected chi connectivity index (χ2v) is 8.48. The Morgan fingerprint density at radius 2 is 1.56 bits per heavy atom. The number of aryl methyl sites for hydroxylation is 1. The molecular formula is C21H29NO3. The van der Waals surface area contributed by atoms with Crippen LogP contribution in [0.2, 0.25) is 0 Å². The number of carbonyl (C=O) groups excluding carboxylic acids is 1. The Bertz CT molecular complexity index is 741. The van der Waals surface area contributed by atoms with Crippen LogP contribution in [0.4, 0.5) is 0 Å². The molecule has 1 aromatic carbocycles. The molecule has 25 heavy (non-hydrogen) atoms. The molecule has 0 radical (unpaired) electrons. The summed E-state index contributed by atoms with van der Waals surface area (Å²) in [7, 11) is 0. The van der Waals surface area contributed by atoms with Crippen molar-refractivity contribution in [2.45, 2.75) is 66.2 Å². The molecule has 0 saturated carbocycles. The molecule has 1 aromatic heterocycles. The van der Waals surface area contributed by atoms with Crippen molar-refractivity contribution in [1.82, 2.24) is 5.16 Å². The lowest BCUT2D eigenvalue weighted by Crippen LogP contribution is -2.17.